The van der Waals surface area contributed by atoms with Crippen molar-refractivity contribution in [1.29, 1.82) is 0 Å². The molecular weight excluding hydrogens is 403 g/mol. The van der Waals surface area contributed by atoms with E-state index in [0.717, 1.165) is 30.9 Å². The highest BCUT2D eigenvalue weighted by Crippen LogP contribution is 2.38. The van der Waals surface area contributed by atoms with Crippen LogP contribution in [0.1, 0.15) is 48.2 Å². The summed E-state index contributed by atoms with van der Waals surface area (Å²) in [4.78, 5) is 21.2. The van der Waals surface area contributed by atoms with Crippen molar-refractivity contribution < 1.29 is 14.3 Å². The number of pyridine rings is 1. The van der Waals surface area contributed by atoms with Gasteiger partial charge in [-0.25, -0.2) is 9.37 Å². The lowest BCUT2D eigenvalue weighted by Crippen LogP contribution is -2.31. The number of hydrogen-bond donors (Lipinski definition) is 3. The molecule has 1 aromatic carbocycles. The average molecular weight is 427 g/mol. The lowest BCUT2D eigenvalue weighted by molar-refractivity contribution is 0.102. The summed E-state index contributed by atoms with van der Waals surface area (Å²) >= 11 is 1.17. The molecule has 1 amide bonds. The lowest BCUT2D eigenvalue weighted by atomic mass is 9.76. The van der Waals surface area contributed by atoms with Gasteiger partial charge in [0.25, 0.3) is 5.91 Å². The molecule has 8 heteroatoms. The molecule has 1 aliphatic rings. The summed E-state index contributed by atoms with van der Waals surface area (Å²) in [6.45, 7) is 2.20. The van der Waals surface area contributed by atoms with E-state index in [0.29, 0.717) is 16.6 Å². The van der Waals surface area contributed by atoms with Crippen LogP contribution in [0.5, 0.6) is 5.75 Å². The van der Waals surface area contributed by atoms with Crippen molar-refractivity contribution >= 4 is 22.9 Å². The maximum Gasteiger partial charge on any atom is 0.275 e. The van der Waals surface area contributed by atoms with Crippen LogP contribution in [0.2, 0.25) is 0 Å². The first-order valence-electron chi connectivity index (χ1n) is 9.86. The van der Waals surface area contributed by atoms with E-state index in [1.165, 1.54) is 23.5 Å². The molecule has 4 rings (SSSR count). The smallest absolute Gasteiger partial charge is 0.275 e. The maximum absolute atomic E-state index is 14.1. The second-order valence-electron chi connectivity index (χ2n) is 7.89. The number of phenolic OH excluding ortho intramolecular Hbond substituents is 1. The fourth-order valence-electron chi connectivity index (χ4n) is 4.14. The van der Waals surface area contributed by atoms with Crippen molar-refractivity contribution in [3.05, 3.63) is 59.1 Å². The molecule has 0 aliphatic heterocycles. The van der Waals surface area contributed by atoms with Crippen LogP contribution in [0.4, 0.5) is 10.1 Å². The molecule has 1 aliphatic carbocycles. The third-order valence-corrected chi connectivity index (χ3v) is 6.32. The molecule has 30 heavy (non-hydrogen) atoms. The molecular formula is C22H23FN4O2S. The number of nitrogens with one attached hydrogen (secondary N) is 1. The Hall–Kier alpha value is -2.84. The van der Waals surface area contributed by atoms with E-state index < -0.39 is 5.82 Å². The van der Waals surface area contributed by atoms with Gasteiger partial charge in [-0.05, 0) is 54.9 Å². The Kier molecular flexibility index (Phi) is 5.78. The van der Waals surface area contributed by atoms with E-state index in [-0.39, 0.29) is 34.9 Å². The Bertz CT molecular complexity index is 1060. The van der Waals surface area contributed by atoms with Gasteiger partial charge in [0.15, 0.2) is 0 Å². The number of aromatic nitrogens is 2. The number of halogens is 1. The van der Waals surface area contributed by atoms with Crippen LogP contribution in [0.3, 0.4) is 0 Å². The second kappa shape index (κ2) is 8.49. The fraction of sp³-hybridized carbons (Fsp3) is 0.318. The Morgan fingerprint density at radius 3 is 2.90 bits per heavy atom. The Labute approximate surface area is 178 Å². The van der Waals surface area contributed by atoms with Crippen LogP contribution in [0.15, 0.2) is 42.0 Å². The van der Waals surface area contributed by atoms with Gasteiger partial charge in [0.05, 0.1) is 11.9 Å². The number of nitrogens with two attached hydrogens (primary N) is 1. The SMILES string of the molecule is CC1CC(N)CC(c2ccncc2NC(=O)c2csc(-c3ccc(O)cc3F)n2)C1. The van der Waals surface area contributed by atoms with Crippen molar-refractivity contribution in [3.8, 4) is 16.3 Å². The van der Waals surface area contributed by atoms with Gasteiger partial charge in [0, 0.05) is 29.2 Å². The number of carbonyl (C=O) groups is 1. The summed E-state index contributed by atoms with van der Waals surface area (Å²) in [7, 11) is 0. The Balaban J connectivity index is 1.55. The molecule has 3 unspecified atom stereocenters. The molecule has 156 valence electrons. The minimum Gasteiger partial charge on any atom is -0.508 e. The van der Waals surface area contributed by atoms with Crippen molar-refractivity contribution in [2.45, 2.75) is 38.1 Å². The predicted octanol–water partition coefficient (Wildman–Crippen LogP) is 4.53. The van der Waals surface area contributed by atoms with E-state index in [1.807, 2.05) is 6.07 Å². The highest BCUT2D eigenvalue weighted by Gasteiger charge is 2.27. The molecule has 2 aromatic heterocycles. The zero-order valence-corrected chi connectivity index (χ0v) is 17.3. The van der Waals surface area contributed by atoms with Gasteiger partial charge >= 0.3 is 0 Å². The Morgan fingerprint density at radius 2 is 2.13 bits per heavy atom. The van der Waals surface area contributed by atoms with Gasteiger partial charge in [0.2, 0.25) is 0 Å². The summed E-state index contributed by atoms with van der Waals surface area (Å²) in [6, 6.07) is 5.93. The minimum absolute atomic E-state index is 0.150. The molecule has 1 fully saturated rings. The van der Waals surface area contributed by atoms with E-state index in [1.54, 1.807) is 17.8 Å². The largest absolute Gasteiger partial charge is 0.508 e. The number of aromatic hydroxyl groups is 1. The molecule has 0 bridgehead atoms. The molecule has 0 spiro atoms. The van der Waals surface area contributed by atoms with Crippen molar-refractivity contribution in [2.24, 2.45) is 11.7 Å². The highest BCUT2D eigenvalue weighted by molar-refractivity contribution is 7.13. The van der Waals surface area contributed by atoms with Gasteiger partial charge in [-0.15, -0.1) is 11.3 Å². The number of thiazole rings is 1. The third kappa shape index (κ3) is 4.34. The standard InChI is InChI=1S/C22H23FN4O2S/c1-12-6-13(8-14(24)7-12)16-4-5-25-10-19(16)26-21(29)20-11-30-22(27-20)17-3-2-15(28)9-18(17)23/h2-5,9-14,28H,6-8,24H2,1H3,(H,26,29). The van der Waals surface area contributed by atoms with Crippen molar-refractivity contribution in [3.63, 3.8) is 0 Å². The summed E-state index contributed by atoms with van der Waals surface area (Å²) in [5.74, 6) is -0.338. The van der Waals surface area contributed by atoms with Crippen LogP contribution < -0.4 is 11.1 Å². The maximum atomic E-state index is 14.1. The zero-order valence-electron chi connectivity index (χ0n) is 16.5. The van der Waals surface area contributed by atoms with Crippen LogP contribution in [0, 0.1) is 11.7 Å². The quantitative estimate of drug-likeness (QED) is 0.569. The lowest BCUT2D eigenvalue weighted by Gasteiger charge is -2.32. The van der Waals surface area contributed by atoms with Gasteiger partial charge in [0.1, 0.15) is 22.3 Å². The molecule has 0 saturated heterocycles. The molecule has 3 aromatic rings. The summed E-state index contributed by atoms with van der Waals surface area (Å²) in [5, 5.41) is 14.2. The first-order chi connectivity index (χ1) is 14.4. The van der Waals surface area contributed by atoms with Crippen LogP contribution in [0.25, 0.3) is 10.6 Å². The van der Waals surface area contributed by atoms with Crippen molar-refractivity contribution in [2.75, 3.05) is 5.32 Å². The second-order valence-corrected chi connectivity index (χ2v) is 8.75. The van der Waals surface area contributed by atoms with E-state index in [9.17, 15) is 14.3 Å². The number of phenols is 1. The number of amides is 1. The number of hydrogen-bond acceptors (Lipinski definition) is 6. The van der Waals surface area contributed by atoms with Gasteiger partial charge < -0.3 is 16.2 Å². The highest BCUT2D eigenvalue weighted by atomic mass is 32.1. The van der Waals surface area contributed by atoms with Crippen LogP contribution >= 0.6 is 11.3 Å². The van der Waals surface area contributed by atoms with Crippen LogP contribution in [-0.2, 0) is 0 Å². The predicted molar refractivity (Wildman–Crippen MR) is 115 cm³/mol. The minimum atomic E-state index is -0.589. The topological polar surface area (TPSA) is 101 Å². The first-order valence-corrected chi connectivity index (χ1v) is 10.7. The molecule has 3 atom stereocenters. The van der Waals surface area contributed by atoms with E-state index in [4.69, 9.17) is 5.73 Å². The van der Waals surface area contributed by atoms with E-state index >= 15 is 0 Å². The van der Waals surface area contributed by atoms with Gasteiger partial charge in [-0.1, -0.05) is 6.92 Å². The van der Waals surface area contributed by atoms with Crippen LogP contribution in [-0.4, -0.2) is 27.0 Å². The molecule has 2 heterocycles. The summed E-state index contributed by atoms with van der Waals surface area (Å²) in [5.41, 5.74) is 8.34. The summed E-state index contributed by atoms with van der Waals surface area (Å²) in [6.07, 6.45) is 6.27. The molecule has 0 radical (unpaired) electrons. The monoisotopic (exact) mass is 426 g/mol. The molecule has 1 saturated carbocycles. The number of carbonyl (C=O) groups excluding carboxylic acids is 1. The number of benzene rings is 1. The fourth-order valence-corrected chi connectivity index (χ4v) is 4.97. The normalized spacial score (nSPS) is 21.4. The van der Waals surface area contributed by atoms with E-state index in [2.05, 4.69) is 22.2 Å². The Morgan fingerprint density at radius 1 is 1.30 bits per heavy atom. The van der Waals surface area contributed by atoms with Crippen molar-refractivity contribution in [1.82, 2.24) is 9.97 Å². The number of anilines is 1. The first kappa shape index (κ1) is 20.4. The third-order valence-electron chi connectivity index (χ3n) is 5.44. The molecule has 4 N–H and O–H groups in total. The summed E-state index contributed by atoms with van der Waals surface area (Å²) < 4.78 is 14.1. The average Bonchev–Trinajstić information content (AvgIpc) is 3.17. The number of rotatable bonds is 4. The number of nitrogens with zero attached hydrogens (tertiary/aromatic N) is 2. The zero-order chi connectivity index (χ0) is 21.3. The molecule has 6 nitrogen and oxygen atoms in total. The van der Waals surface area contributed by atoms with Gasteiger partial charge in [-0.3, -0.25) is 9.78 Å². The van der Waals surface area contributed by atoms with Gasteiger partial charge in [-0.2, -0.15) is 0 Å².